The summed E-state index contributed by atoms with van der Waals surface area (Å²) in [6.45, 7) is 7.88. The molecule has 0 saturated carbocycles. The first-order valence-corrected chi connectivity index (χ1v) is 13.6. The molecule has 32 heavy (non-hydrogen) atoms. The molecule has 0 aromatic heterocycles. The second-order valence-electron chi connectivity index (χ2n) is 10.3. The van der Waals surface area contributed by atoms with E-state index in [-0.39, 0.29) is 24.5 Å². The van der Waals surface area contributed by atoms with Crippen LogP contribution < -0.4 is 5.32 Å². The Balaban J connectivity index is 1.69. The highest BCUT2D eigenvalue weighted by Gasteiger charge is 2.48. The number of aliphatic hydroxyl groups is 2. The maximum Gasteiger partial charge on any atom is 0.240 e. The SMILES string of the molecule is CSC1O[C@H]([C@H](NC(=O)[C@@H]2[C@@H]3OCC[C@H](CC(C)C)C[C@H]3CN2C)[C@H](C)Cl)C[C@@H](O)C1O. The number of likely N-dealkylation sites (tertiary alicyclic amines) is 1. The summed E-state index contributed by atoms with van der Waals surface area (Å²) >= 11 is 7.82. The fourth-order valence-electron chi connectivity index (χ4n) is 5.73. The number of halogens is 1. The number of nitrogens with zero attached hydrogens (tertiary/aromatic N) is 1. The van der Waals surface area contributed by atoms with Crippen LogP contribution in [0.4, 0.5) is 0 Å². The number of rotatable bonds is 7. The van der Waals surface area contributed by atoms with Crippen LogP contribution in [0.2, 0.25) is 0 Å². The van der Waals surface area contributed by atoms with Crippen LogP contribution in [0.25, 0.3) is 0 Å². The lowest BCUT2D eigenvalue weighted by molar-refractivity contribution is -0.149. The van der Waals surface area contributed by atoms with Crippen molar-refractivity contribution in [1.82, 2.24) is 10.2 Å². The van der Waals surface area contributed by atoms with Crippen LogP contribution in [0.3, 0.4) is 0 Å². The van der Waals surface area contributed by atoms with Gasteiger partial charge in [-0.3, -0.25) is 9.69 Å². The molecule has 186 valence electrons. The molecule has 3 heterocycles. The molecule has 1 amide bonds. The van der Waals surface area contributed by atoms with Gasteiger partial charge in [0.2, 0.25) is 5.91 Å². The first kappa shape index (κ1) is 26.5. The normalized spacial score (nSPS) is 40.5. The lowest BCUT2D eigenvalue weighted by atomic mass is 9.85. The summed E-state index contributed by atoms with van der Waals surface area (Å²) in [5.74, 6) is 1.54. The Hall–Kier alpha value is -0.0900. The van der Waals surface area contributed by atoms with E-state index in [1.807, 2.05) is 20.2 Å². The Morgan fingerprint density at radius 1 is 1.28 bits per heavy atom. The number of hydrogen-bond acceptors (Lipinski definition) is 7. The zero-order valence-corrected chi connectivity index (χ0v) is 21.5. The second-order valence-corrected chi connectivity index (χ2v) is 11.9. The summed E-state index contributed by atoms with van der Waals surface area (Å²) in [6.07, 6.45) is 2.92. The van der Waals surface area contributed by atoms with E-state index >= 15 is 0 Å². The zero-order valence-electron chi connectivity index (χ0n) is 19.9. The minimum atomic E-state index is -0.955. The first-order chi connectivity index (χ1) is 15.1. The third kappa shape index (κ3) is 6.12. The van der Waals surface area contributed by atoms with Crippen molar-refractivity contribution in [3.05, 3.63) is 0 Å². The van der Waals surface area contributed by atoms with E-state index in [9.17, 15) is 15.0 Å². The van der Waals surface area contributed by atoms with Gasteiger partial charge >= 0.3 is 0 Å². The monoisotopic (exact) mass is 492 g/mol. The van der Waals surface area contributed by atoms with Gasteiger partial charge in [-0.2, -0.15) is 0 Å². The zero-order chi connectivity index (χ0) is 23.6. The third-order valence-electron chi connectivity index (χ3n) is 7.21. The minimum absolute atomic E-state index is 0.107. The quantitative estimate of drug-likeness (QED) is 0.468. The van der Waals surface area contributed by atoms with Crippen molar-refractivity contribution in [2.24, 2.45) is 17.8 Å². The molecular formula is C23H41ClN2O5S. The van der Waals surface area contributed by atoms with E-state index in [1.54, 1.807) is 0 Å². The van der Waals surface area contributed by atoms with Crippen LogP contribution in [-0.2, 0) is 14.3 Å². The lowest BCUT2D eigenvalue weighted by Crippen LogP contribution is -2.59. The van der Waals surface area contributed by atoms with E-state index < -0.39 is 35.2 Å². The molecule has 3 N–H and O–H groups in total. The molecule has 2 unspecified atom stereocenters. The number of carbonyl (C=O) groups excluding carboxylic acids is 1. The van der Waals surface area contributed by atoms with E-state index in [1.165, 1.54) is 18.2 Å². The summed E-state index contributed by atoms with van der Waals surface area (Å²) in [5, 5.41) is 23.2. The number of hydrogen-bond donors (Lipinski definition) is 3. The third-order valence-corrected chi connectivity index (χ3v) is 8.34. The molecule has 3 aliphatic rings. The number of thioether (sulfide) groups is 1. The summed E-state index contributed by atoms with van der Waals surface area (Å²) in [4.78, 5) is 15.6. The molecule has 0 bridgehead atoms. The molecule has 3 aliphatic heterocycles. The van der Waals surface area contributed by atoms with Gasteiger partial charge in [-0.05, 0) is 51.3 Å². The summed E-state index contributed by atoms with van der Waals surface area (Å²) in [5.41, 5.74) is -0.555. The van der Waals surface area contributed by atoms with Crippen LogP contribution in [0.1, 0.15) is 46.5 Å². The Kier molecular flexibility index (Phi) is 9.58. The fraction of sp³-hybridized carbons (Fsp3) is 0.957. The van der Waals surface area contributed by atoms with Crippen molar-refractivity contribution in [1.29, 1.82) is 0 Å². The highest BCUT2D eigenvalue weighted by molar-refractivity contribution is 7.99. The van der Waals surface area contributed by atoms with Crippen molar-refractivity contribution < 1.29 is 24.5 Å². The highest BCUT2D eigenvalue weighted by Crippen LogP contribution is 2.37. The van der Waals surface area contributed by atoms with Crippen LogP contribution in [0, 0.1) is 17.8 Å². The molecule has 0 aromatic carbocycles. The molecule has 0 spiro atoms. The Morgan fingerprint density at radius 2 is 2.00 bits per heavy atom. The number of likely N-dealkylation sites (N-methyl/N-ethyl adjacent to an activating group) is 1. The van der Waals surface area contributed by atoms with E-state index in [0.717, 1.165) is 19.4 Å². The molecule has 3 rings (SSSR count). The molecule has 9 heteroatoms. The molecule has 10 atom stereocenters. The van der Waals surface area contributed by atoms with Gasteiger partial charge in [-0.1, -0.05) is 13.8 Å². The number of amides is 1. The average molecular weight is 493 g/mol. The number of alkyl halides is 1. The van der Waals surface area contributed by atoms with Gasteiger partial charge in [0.05, 0.1) is 29.7 Å². The largest absolute Gasteiger partial charge is 0.390 e. The lowest BCUT2D eigenvalue weighted by Gasteiger charge is -2.41. The second kappa shape index (κ2) is 11.6. The first-order valence-electron chi connectivity index (χ1n) is 11.9. The van der Waals surface area contributed by atoms with E-state index in [2.05, 4.69) is 24.1 Å². The molecule has 3 fully saturated rings. The van der Waals surface area contributed by atoms with Gasteiger partial charge in [0.15, 0.2) is 0 Å². The Morgan fingerprint density at radius 3 is 2.62 bits per heavy atom. The minimum Gasteiger partial charge on any atom is -0.390 e. The number of nitrogens with one attached hydrogen (secondary N) is 1. The van der Waals surface area contributed by atoms with Crippen molar-refractivity contribution in [2.75, 3.05) is 26.5 Å². The molecule has 7 nitrogen and oxygen atoms in total. The van der Waals surface area contributed by atoms with Gasteiger partial charge in [-0.25, -0.2) is 0 Å². The fourth-order valence-corrected chi connectivity index (χ4v) is 6.66. The Bertz CT molecular complexity index is 627. The van der Waals surface area contributed by atoms with Gasteiger partial charge in [0.25, 0.3) is 0 Å². The standard InChI is InChI=1S/C23H41ClN2O5S/c1-12(2)8-14-6-7-30-21-15(9-14)11-26(4)19(21)22(29)25-18(13(3)24)17-10-16(27)20(28)23(31-17)32-5/h12-21,23,27-28H,6-11H2,1-5H3,(H,25,29)/t13-,14+,15-,16+,17-,18+,19-,20?,21+,23?/m0/s1. The molecule has 0 aromatic rings. The number of carbonyl (C=O) groups is 1. The van der Waals surface area contributed by atoms with Gasteiger partial charge in [-0.15, -0.1) is 23.4 Å². The molecule has 0 aliphatic carbocycles. The average Bonchev–Trinajstić information content (AvgIpc) is 2.89. The predicted molar refractivity (Wildman–Crippen MR) is 128 cm³/mol. The maximum absolute atomic E-state index is 13.5. The molecule has 0 radical (unpaired) electrons. The smallest absolute Gasteiger partial charge is 0.240 e. The molecule has 3 saturated heterocycles. The van der Waals surface area contributed by atoms with Crippen LogP contribution in [0.5, 0.6) is 0 Å². The number of ether oxygens (including phenoxy) is 2. The van der Waals surface area contributed by atoms with Crippen molar-refractivity contribution >= 4 is 29.3 Å². The highest BCUT2D eigenvalue weighted by atomic mass is 35.5. The Labute approximate surface area is 201 Å². The maximum atomic E-state index is 13.5. The van der Waals surface area contributed by atoms with Crippen molar-refractivity contribution in [2.45, 2.75) is 93.8 Å². The summed E-state index contributed by atoms with van der Waals surface area (Å²) in [6, 6.07) is -0.848. The predicted octanol–water partition coefficient (Wildman–Crippen LogP) is 2.07. The van der Waals surface area contributed by atoms with Gasteiger partial charge in [0, 0.05) is 25.5 Å². The van der Waals surface area contributed by atoms with Crippen LogP contribution in [-0.4, -0.2) is 94.8 Å². The summed E-state index contributed by atoms with van der Waals surface area (Å²) in [7, 11) is 1.99. The molecular weight excluding hydrogens is 452 g/mol. The van der Waals surface area contributed by atoms with Gasteiger partial charge in [0.1, 0.15) is 17.6 Å². The number of aliphatic hydroxyl groups excluding tert-OH is 2. The van der Waals surface area contributed by atoms with Crippen LogP contribution in [0.15, 0.2) is 0 Å². The van der Waals surface area contributed by atoms with Crippen molar-refractivity contribution in [3.63, 3.8) is 0 Å². The van der Waals surface area contributed by atoms with Crippen molar-refractivity contribution in [3.8, 4) is 0 Å². The topological polar surface area (TPSA) is 91.3 Å². The van der Waals surface area contributed by atoms with E-state index in [0.29, 0.717) is 24.4 Å². The number of fused-ring (bicyclic) bond motifs is 1. The summed E-state index contributed by atoms with van der Waals surface area (Å²) < 4.78 is 12.3. The van der Waals surface area contributed by atoms with Crippen LogP contribution >= 0.6 is 23.4 Å². The van der Waals surface area contributed by atoms with Gasteiger partial charge < -0.3 is 25.0 Å². The van der Waals surface area contributed by atoms with E-state index in [4.69, 9.17) is 21.1 Å².